The monoisotopic (exact) mass is 241 g/mol. The topological polar surface area (TPSA) is 38.3 Å². The Bertz CT molecular complexity index is 342. The number of Topliss-reactive ketones (excluding diaryl/α,β-unsaturated/α-hetero) is 1. The van der Waals surface area contributed by atoms with E-state index in [0.29, 0.717) is 31.1 Å². The van der Waals surface area contributed by atoms with Crippen LogP contribution in [0.2, 0.25) is 5.02 Å². The lowest BCUT2D eigenvalue weighted by Crippen LogP contribution is -2.27. The van der Waals surface area contributed by atoms with Gasteiger partial charge >= 0.3 is 0 Å². The van der Waals surface area contributed by atoms with Gasteiger partial charge in [0.15, 0.2) is 5.78 Å². The average Bonchev–Trinajstić information content (AvgIpc) is 2.24. The van der Waals surface area contributed by atoms with Crippen molar-refractivity contribution in [2.24, 2.45) is 0 Å². The van der Waals surface area contributed by atoms with Crippen molar-refractivity contribution in [1.82, 2.24) is 5.32 Å². The molecule has 1 aromatic rings. The van der Waals surface area contributed by atoms with E-state index in [9.17, 15) is 4.79 Å². The molecule has 0 atom stereocenters. The van der Waals surface area contributed by atoms with E-state index < -0.39 is 0 Å². The molecule has 0 amide bonds. The Kier molecular flexibility index (Phi) is 6.08. The zero-order chi connectivity index (χ0) is 11.8. The molecule has 0 spiro atoms. The van der Waals surface area contributed by atoms with E-state index in [2.05, 4.69) is 5.32 Å². The van der Waals surface area contributed by atoms with Gasteiger partial charge < -0.3 is 10.1 Å². The van der Waals surface area contributed by atoms with Gasteiger partial charge in [-0.15, -0.1) is 0 Å². The quantitative estimate of drug-likeness (QED) is 0.739. The van der Waals surface area contributed by atoms with Gasteiger partial charge in [0.1, 0.15) is 0 Å². The van der Waals surface area contributed by atoms with E-state index in [0.717, 1.165) is 5.56 Å². The summed E-state index contributed by atoms with van der Waals surface area (Å²) in [6, 6.07) is 7.36. The van der Waals surface area contributed by atoms with Gasteiger partial charge in [0.2, 0.25) is 0 Å². The highest BCUT2D eigenvalue weighted by Gasteiger charge is 2.03. The van der Waals surface area contributed by atoms with Crippen LogP contribution in [0.5, 0.6) is 0 Å². The predicted molar refractivity (Wildman–Crippen MR) is 64.9 cm³/mol. The number of carbonyl (C=O) groups is 1. The van der Waals surface area contributed by atoms with Crippen molar-refractivity contribution in [3.63, 3.8) is 0 Å². The number of benzene rings is 1. The van der Waals surface area contributed by atoms with Crippen LogP contribution in [0.15, 0.2) is 24.3 Å². The molecule has 0 saturated carbocycles. The third kappa shape index (κ3) is 5.26. The molecule has 4 heteroatoms. The summed E-state index contributed by atoms with van der Waals surface area (Å²) in [7, 11) is 1.63. The minimum Gasteiger partial charge on any atom is -0.383 e. The van der Waals surface area contributed by atoms with Crippen molar-refractivity contribution in [2.75, 3.05) is 26.8 Å². The van der Waals surface area contributed by atoms with E-state index in [4.69, 9.17) is 16.3 Å². The molecule has 0 aromatic heterocycles. The Hall–Kier alpha value is -0.900. The highest BCUT2D eigenvalue weighted by atomic mass is 35.5. The van der Waals surface area contributed by atoms with Gasteiger partial charge in [0, 0.05) is 25.1 Å². The van der Waals surface area contributed by atoms with Gasteiger partial charge in [-0.25, -0.2) is 0 Å². The Morgan fingerprint density at radius 2 is 2.31 bits per heavy atom. The molecular weight excluding hydrogens is 226 g/mol. The van der Waals surface area contributed by atoms with Crippen LogP contribution in [-0.2, 0) is 16.0 Å². The second-order valence-electron chi connectivity index (χ2n) is 3.51. The zero-order valence-electron chi connectivity index (χ0n) is 9.33. The Balaban J connectivity index is 2.29. The maximum Gasteiger partial charge on any atom is 0.150 e. The van der Waals surface area contributed by atoms with Crippen LogP contribution < -0.4 is 5.32 Å². The first-order valence-electron chi connectivity index (χ1n) is 5.18. The maximum atomic E-state index is 11.5. The molecule has 1 N–H and O–H groups in total. The summed E-state index contributed by atoms with van der Waals surface area (Å²) in [6.07, 6.45) is 0.417. The summed E-state index contributed by atoms with van der Waals surface area (Å²) in [5.41, 5.74) is 0.950. The second-order valence-corrected chi connectivity index (χ2v) is 3.95. The van der Waals surface area contributed by atoms with Crippen LogP contribution in [0, 0.1) is 0 Å². The fourth-order valence-corrected chi connectivity index (χ4v) is 1.55. The van der Waals surface area contributed by atoms with Gasteiger partial charge in [-0.3, -0.25) is 4.79 Å². The number of nitrogens with one attached hydrogen (secondary N) is 1. The SMILES string of the molecule is COCCNCC(=O)Cc1cccc(Cl)c1. The molecule has 0 saturated heterocycles. The smallest absolute Gasteiger partial charge is 0.150 e. The number of ketones is 1. The molecule has 0 unspecified atom stereocenters. The number of rotatable bonds is 7. The number of hydrogen-bond acceptors (Lipinski definition) is 3. The molecule has 0 heterocycles. The number of methoxy groups -OCH3 is 1. The van der Waals surface area contributed by atoms with Crippen LogP contribution in [-0.4, -0.2) is 32.6 Å². The van der Waals surface area contributed by atoms with Gasteiger partial charge in [-0.1, -0.05) is 23.7 Å². The highest BCUT2D eigenvalue weighted by molar-refractivity contribution is 6.30. The minimum atomic E-state index is 0.151. The van der Waals surface area contributed by atoms with Crippen molar-refractivity contribution >= 4 is 17.4 Å². The van der Waals surface area contributed by atoms with Crippen molar-refractivity contribution in [2.45, 2.75) is 6.42 Å². The summed E-state index contributed by atoms with van der Waals surface area (Å²) >= 11 is 5.83. The molecule has 3 nitrogen and oxygen atoms in total. The third-order valence-corrected chi connectivity index (χ3v) is 2.33. The summed E-state index contributed by atoms with van der Waals surface area (Å²) in [5.74, 6) is 0.151. The summed E-state index contributed by atoms with van der Waals surface area (Å²) < 4.78 is 4.87. The second kappa shape index (κ2) is 7.39. The lowest BCUT2D eigenvalue weighted by Gasteiger charge is -2.04. The van der Waals surface area contributed by atoms with E-state index in [-0.39, 0.29) is 5.78 Å². The zero-order valence-corrected chi connectivity index (χ0v) is 10.1. The molecule has 16 heavy (non-hydrogen) atoms. The first-order chi connectivity index (χ1) is 7.72. The summed E-state index contributed by atoms with van der Waals surface area (Å²) in [5, 5.41) is 3.68. The lowest BCUT2D eigenvalue weighted by atomic mass is 10.1. The van der Waals surface area contributed by atoms with E-state index in [1.165, 1.54) is 0 Å². The van der Waals surface area contributed by atoms with Crippen LogP contribution in [0.25, 0.3) is 0 Å². The van der Waals surface area contributed by atoms with E-state index >= 15 is 0 Å². The van der Waals surface area contributed by atoms with E-state index in [1.54, 1.807) is 13.2 Å². The molecule has 0 fully saturated rings. The fourth-order valence-electron chi connectivity index (χ4n) is 1.34. The first kappa shape index (κ1) is 13.2. The summed E-state index contributed by atoms with van der Waals surface area (Å²) in [4.78, 5) is 11.5. The Morgan fingerprint density at radius 3 is 3.00 bits per heavy atom. The molecule has 0 bridgehead atoms. The summed E-state index contributed by atoms with van der Waals surface area (Å²) in [6.45, 7) is 1.68. The van der Waals surface area contributed by atoms with Crippen LogP contribution >= 0.6 is 11.6 Å². The fraction of sp³-hybridized carbons (Fsp3) is 0.417. The Labute approximate surface area is 101 Å². The van der Waals surface area contributed by atoms with Crippen molar-refractivity contribution in [1.29, 1.82) is 0 Å². The predicted octanol–water partition coefficient (Wildman–Crippen LogP) is 1.69. The lowest BCUT2D eigenvalue weighted by molar-refractivity contribution is -0.117. The molecule has 88 valence electrons. The van der Waals surface area contributed by atoms with Gasteiger partial charge in [-0.2, -0.15) is 0 Å². The van der Waals surface area contributed by atoms with Gasteiger partial charge in [-0.05, 0) is 17.7 Å². The van der Waals surface area contributed by atoms with Crippen LogP contribution in [0.1, 0.15) is 5.56 Å². The standard InChI is InChI=1S/C12H16ClNO2/c1-16-6-5-14-9-12(15)8-10-3-2-4-11(13)7-10/h2-4,7,14H,5-6,8-9H2,1H3. The number of ether oxygens (including phenoxy) is 1. The first-order valence-corrected chi connectivity index (χ1v) is 5.56. The highest BCUT2D eigenvalue weighted by Crippen LogP contribution is 2.11. The van der Waals surface area contributed by atoms with Crippen molar-refractivity contribution in [3.05, 3.63) is 34.9 Å². The molecule has 0 aliphatic carbocycles. The van der Waals surface area contributed by atoms with Crippen LogP contribution in [0.3, 0.4) is 0 Å². The van der Waals surface area contributed by atoms with E-state index in [1.807, 2.05) is 18.2 Å². The molecule has 1 rings (SSSR count). The molecule has 0 aliphatic rings. The van der Waals surface area contributed by atoms with Crippen molar-refractivity contribution < 1.29 is 9.53 Å². The molecule has 1 aromatic carbocycles. The average molecular weight is 242 g/mol. The number of carbonyl (C=O) groups excluding carboxylic acids is 1. The number of halogens is 1. The largest absolute Gasteiger partial charge is 0.383 e. The van der Waals surface area contributed by atoms with Gasteiger partial charge in [0.05, 0.1) is 13.2 Å². The minimum absolute atomic E-state index is 0.151. The van der Waals surface area contributed by atoms with Crippen LogP contribution in [0.4, 0.5) is 0 Å². The molecule has 0 aliphatic heterocycles. The Morgan fingerprint density at radius 1 is 1.50 bits per heavy atom. The molecule has 0 radical (unpaired) electrons. The third-order valence-electron chi connectivity index (χ3n) is 2.10. The van der Waals surface area contributed by atoms with Gasteiger partial charge in [0.25, 0.3) is 0 Å². The normalized spacial score (nSPS) is 10.4. The number of hydrogen-bond donors (Lipinski definition) is 1. The maximum absolute atomic E-state index is 11.5. The van der Waals surface area contributed by atoms with Crippen molar-refractivity contribution in [3.8, 4) is 0 Å². The molecular formula is C12H16ClNO2.